The minimum absolute atomic E-state index is 0.380. The van der Waals surface area contributed by atoms with Crippen molar-refractivity contribution >= 4 is 0 Å². The van der Waals surface area contributed by atoms with Crippen molar-refractivity contribution in [2.75, 3.05) is 13.1 Å². The van der Waals surface area contributed by atoms with Crippen LogP contribution in [0.5, 0.6) is 0 Å². The van der Waals surface area contributed by atoms with Gasteiger partial charge in [-0.05, 0) is 63.8 Å². The van der Waals surface area contributed by atoms with Gasteiger partial charge in [0.1, 0.15) is 0 Å². The van der Waals surface area contributed by atoms with Crippen molar-refractivity contribution in [3.8, 4) is 0 Å². The molecule has 0 aromatic rings. The first-order chi connectivity index (χ1) is 9.16. The SMILES string of the molecule is CC(N)CCCC(C)CN1CCCC1C1CCCC1. The smallest absolute Gasteiger partial charge is 0.0124 e. The van der Waals surface area contributed by atoms with E-state index in [-0.39, 0.29) is 0 Å². The number of nitrogens with two attached hydrogens (primary N) is 1. The van der Waals surface area contributed by atoms with E-state index < -0.39 is 0 Å². The van der Waals surface area contributed by atoms with Gasteiger partial charge >= 0.3 is 0 Å². The molecule has 1 saturated heterocycles. The lowest BCUT2D eigenvalue weighted by Gasteiger charge is -2.31. The number of hydrogen-bond acceptors (Lipinski definition) is 2. The van der Waals surface area contributed by atoms with Gasteiger partial charge in [-0.1, -0.05) is 26.2 Å². The van der Waals surface area contributed by atoms with Gasteiger partial charge in [-0.2, -0.15) is 0 Å². The van der Waals surface area contributed by atoms with Crippen LogP contribution in [0, 0.1) is 11.8 Å². The van der Waals surface area contributed by atoms with Crippen LogP contribution in [0.3, 0.4) is 0 Å². The molecule has 1 aliphatic heterocycles. The van der Waals surface area contributed by atoms with E-state index in [0.29, 0.717) is 6.04 Å². The number of nitrogens with zero attached hydrogens (tertiary/aromatic N) is 1. The van der Waals surface area contributed by atoms with Gasteiger partial charge in [0.15, 0.2) is 0 Å². The lowest BCUT2D eigenvalue weighted by molar-refractivity contribution is 0.164. The molecule has 0 bridgehead atoms. The van der Waals surface area contributed by atoms with E-state index in [1.54, 1.807) is 0 Å². The maximum Gasteiger partial charge on any atom is 0.0124 e. The Hall–Kier alpha value is -0.0800. The fourth-order valence-corrected chi connectivity index (χ4v) is 4.23. The summed E-state index contributed by atoms with van der Waals surface area (Å²) < 4.78 is 0. The summed E-state index contributed by atoms with van der Waals surface area (Å²) in [6, 6.07) is 1.31. The van der Waals surface area contributed by atoms with Crippen molar-refractivity contribution in [1.29, 1.82) is 0 Å². The summed E-state index contributed by atoms with van der Waals surface area (Å²) in [5.41, 5.74) is 5.84. The molecule has 19 heavy (non-hydrogen) atoms. The Kier molecular flexibility index (Phi) is 6.15. The van der Waals surface area contributed by atoms with Crippen LogP contribution < -0.4 is 5.73 Å². The average Bonchev–Trinajstić information content (AvgIpc) is 2.97. The van der Waals surface area contributed by atoms with Gasteiger partial charge in [-0.3, -0.25) is 4.90 Å². The van der Waals surface area contributed by atoms with E-state index >= 15 is 0 Å². The monoisotopic (exact) mass is 266 g/mol. The molecule has 0 aromatic carbocycles. The van der Waals surface area contributed by atoms with Crippen LogP contribution in [-0.2, 0) is 0 Å². The van der Waals surface area contributed by atoms with E-state index in [0.717, 1.165) is 17.9 Å². The number of likely N-dealkylation sites (tertiary alicyclic amines) is 1. The fraction of sp³-hybridized carbons (Fsp3) is 1.00. The molecule has 1 aliphatic carbocycles. The molecule has 112 valence electrons. The van der Waals surface area contributed by atoms with Gasteiger partial charge in [0.2, 0.25) is 0 Å². The van der Waals surface area contributed by atoms with E-state index in [2.05, 4.69) is 18.7 Å². The first-order valence-electron chi connectivity index (χ1n) is 8.66. The molecular formula is C17H34N2. The Morgan fingerprint density at radius 3 is 2.47 bits per heavy atom. The summed E-state index contributed by atoms with van der Waals surface area (Å²) in [5, 5.41) is 0. The van der Waals surface area contributed by atoms with Gasteiger partial charge < -0.3 is 5.73 Å². The highest BCUT2D eigenvalue weighted by molar-refractivity contribution is 4.88. The van der Waals surface area contributed by atoms with Crippen LogP contribution in [0.15, 0.2) is 0 Å². The summed E-state index contributed by atoms with van der Waals surface area (Å²) >= 11 is 0. The average molecular weight is 266 g/mol. The number of rotatable bonds is 7. The first-order valence-corrected chi connectivity index (χ1v) is 8.66. The molecular weight excluding hydrogens is 232 g/mol. The molecule has 0 amide bonds. The largest absolute Gasteiger partial charge is 0.328 e. The van der Waals surface area contributed by atoms with Crippen molar-refractivity contribution in [3.63, 3.8) is 0 Å². The fourth-order valence-electron chi connectivity index (χ4n) is 4.23. The quantitative estimate of drug-likeness (QED) is 0.759. The van der Waals surface area contributed by atoms with Crippen LogP contribution in [0.4, 0.5) is 0 Å². The molecule has 1 heterocycles. The highest BCUT2D eigenvalue weighted by Crippen LogP contribution is 2.35. The molecule has 0 aromatic heterocycles. The second-order valence-corrected chi connectivity index (χ2v) is 7.26. The Bertz CT molecular complexity index is 246. The van der Waals surface area contributed by atoms with Crippen LogP contribution in [0.1, 0.15) is 71.6 Å². The van der Waals surface area contributed by atoms with Gasteiger partial charge in [-0.15, -0.1) is 0 Å². The summed E-state index contributed by atoms with van der Waals surface area (Å²) in [4.78, 5) is 2.83. The zero-order chi connectivity index (χ0) is 13.7. The van der Waals surface area contributed by atoms with Crippen molar-refractivity contribution in [1.82, 2.24) is 4.90 Å². The highest BCUT2D eigenvalue weighted by Gasteiger charge is 2.33. The second kappa shape index (κ2) is 7.64. The Labute approximate surface area is 120 Å². The minimum Gasteiger partial charge on any atom is -0.328 e. The summed E-state index contributed by atoms with van der Waals surface area (Å²) in [6.45, 7) is 7.26. The van der Waals surface area contributed by atoms with Gasteiger partial charge in [-0.25, -0.2) is 0 Å². The minimum atomic E-state index is 0.380. The first kappa shape index (κ1) is 15.3. The predicted molar refractivity (Wildman–Crippen MR) is 83.2 cm³/mol. The standard InChI is InChI=1S/C17H34N2/c1-14(7-5-8-15(2)18)13-19-12-6-11-17(19)16-9-3-4-10-16/h14-17H,3-13,18H2,1-2H3. The van der Waals surface area contributed by atoms with Crippen LogP contribution in [0.2, 0.25) is 0 Å². The zero-order valence-electron chi connectivity index (χ0n) is 13.1. The topological polar surface area (TPSA) is 29.3 Å². The third-order valence-electron chi connectivity index (χ3n) is 5.26. The van der Waals surface area contributed by atoms with Crippen molar-refractivity contribution in [2.45, 2.75) is 83.7 Å². The maximum atomic E-state index is 5.84. The van der Waals surface area contributed by atoms with Crippen LogP contribution >= 0.6 is 0 Å². The maximum absolute atomic E-state index is 5.84. The lowest BCUT2D eigenvalue weighted by atomic mass is 9.94. The summed E-state index contributed by atoms with van der Waals surface area (Å²) in [6.07, 6.45) is 12.7. The molecule has 2 nitrogen and oxygen atoms in total. The van der Waals surface area contributed by atoms with Crippen LogP contribution in [0.25, 0.3) is 0 Å². The lowest BCUT2D eigenvalue weighted by Crippen LogP contribution is -2.37. The summed E-state index contributed by atoms with van der Waals surface area (Å²) in [5.74, 6) is 1.87. The molecule has 0 spiro atoms. The zero-order valence-corrected chi connectivity index (χ0v) is 13.1. The van der Waals surface area contributed by atoms with Crippen molar-refractivity contribution in [3.05, 3.63) is 0 Å². The second-order valence-electron chi connectivity index (χ2n) is 7.26. The van der Waals surface area contributed by atoms with E-state index in [9.17, 15) is 0 Å². The van der Waals surface area contributed by atoms with Gasteiger partial charge in [0.05, 0.1) is 0 Å². The third-order valence-corrected chi connectivity index (χ3v) is 5.26. The molecule has 2 aliphatic rings. The van der Waals surface area contributed by atoms with Crippen molar-refractivity contribution < 1.29 is 0 Å². The molecule has 2 fully saturated rings. The molecule has 3 unspecified atom stereocenters. The third kappa shape index (κ3) is 4.75. The number of hydrogen-bond donors (Lipinski definition) is 1. The van der Waals surface area contributed by atoms with E-state index in [1.807, 2.05) is 0 Å². The van der Waals surface area contributed by atoms with E-state index in [1.165, 1.54) is 70.9 Å². The normalized spacial score (nSPS) is 28.9. The molecule has 2 heteroatoms. The predicted octanol–water partition coefficient (Wildman–Crippen LogP) is 3.79. The Morgan fingerprint density at radius 1 is 1.05 bits per heavy atom. The molecule has 3 atom stereocenters. The molecule has 0 radical (unpaired) electrons. The Balaban J connectivity index is 1.71. The van der Waals surface area contributed by atoms with Crippen LogP contribution in [-0.4, -0.2) is 30.1 Å². The van der Waals surface area contributed by atoms with Crippen molar-refractivity contribution in [2.24, 2.45) is 17.6 Å². The molecule has 1 saturated carbocycles. The Morgan fingerprint density at radius 2 is 1.79 bits per heavy atom. The molecule has 2 N–H and O–H groups in total. The molecule has 2 rings (SSSR count). The summed E-state index contributed by atoms with van der Waals surface area (Å²) in [7, 11) is 0. The van der Waals surface area contributed by atoms with Gasteiger partial charge in [0.25, 0.3) is 0 Å². The van der Waals surface area contributed by atoms with Gasteiger partial charge in [0, 0.05) is 18.6 Å². The van der Waals surface area contributed by atoms with E-state index in [4.69, 9.17) is 5.73 Å². The highest BCUT2D eigenvalue weighted by atomic mass is 15.2.